The number of hydrogen-bond acceptors (Lipinski definition) is 4. The molecule has 2 unspecified atom stereocenters. The van der Waals surface area contributed by atoms with E-state index in [1.54, 1.807) is 0 Å². The molecule has 0 saturated carbocycles. The molecule has 0 fully saturated rings. The SMILES string of the molecule is C=C(/C=C(\C=C\c1cncc2ccccc12)c1ccc(-c2cc3ccccc3c3ccccc23)cc1)c1nc(C2=CC3C=CC=CC3C=C2)nc(-c2ccc3ccccc3c2)n1. The summed E-state index contributed by atoms with van der Waals surface area (Å²) < 4.78 is 0. The maximum atomic E-state index is 5.13. The summed E-state index contributed by atoms with van der Waals surface area (Å²) in [6.07, 6.45) is 25.5. The minimum absolute atomic E-state index is 0.239. The quantitative estimate of drug-likeness (QED) is 0.114. The molecule has 0 saturated heterocycles. The van der Waals surface area contributed by atoms with E-state index >= 15 is 0 Å². The Morgan fingerprint density at radius 3 is 2.05 bits per heavy atom. The van der Waals surface area contributed by atoms with E-state index in [-0.39, 0.29) is 5.92 Å². The molecule has 0 spiro atoms. The van der Waals surface area contributed by atoms with E-state index in [0.29, 0.717) is 29.0 Å². The third-order valence-electron chi connectivity index (χ3n) is 12.0. The van der Waals surface area contributed by atoms with Gasteiger partial charge in [0, 0.05) is 51.9 Å². The first-order valence-corrected chi connectivity index (χ1v) is 21.1. The first-order chi connectivity index (χ1) is 30.6. The predicted molar refractivity (Wildman–Crippen MR) is 260 cm³/mol. The van der Waals surface area contributed by atoms with Crippen molar-refractivity contribution >= 4 is 65.9 Å². The lowest BCUT2D eigenvalue weighted by Gasteiger charge is -2.22. The van der Waals surface area contributed by atoms with Crippen molar-refractivity contribution in [3.8, 4) is 22.5 Å². The van der Waals surface area contributed by atoms with Crippen LogP contribution >= 0.6 is 0 Å². The lowest BCUT2D eigenvalue weighted by molar-refractivity contribution is 0.662. The predicted octanol–water partition coefficient (Wildman–Crippen LogP) is 14.3. The molecule has 62 heavy (non-hydrogen) atoms. The largest absolute Gasteiger partial charge is 0.263 e. The van der Waals surface area contributed by atoms with Crippen LogP contribution in [-0.4, -0.2) is 19.9 Å². The van der Waals surface area contributed by atoms with Crippen LogP contribution in [0.1, 0.15) is 22.8 Å². The van der Waals surface area contributed by atoms with Gasteiger partial charge in [-0.25, -0.2) is 15.0 Å². The highest BCUT2D eigenvalue weighted by Gasteiger charge is 2.21. The number of rotatable bonds is 8. The van der Waals surface area contributed by atoms with Crippen molar-refractivity contribution in [3.63, 3.8) is 0 Å². The van der Waals surface area contributed by atoms with Crippen molar-refractivity contribution in [2.45, 2.75) is 0 Å². The Balaban J connectivity index is 1.03. The van der Waals surface area contributed by atoms with Crippen molar-refractivity contribution < 1.29 is 0 Å². The van der Waals surface area contributed by atoms with Crippen molar-refractivity contribution in [3.05, 3.63) is 242 Å². The molecule has 2 aromatic heterocycles. The normalized spacial score (nSPS) is 16.1. The number of benzene rings is 7. The fourth-order valence-electron chi connectivity index (χ4n) is 8.80. The summed E-state index contributed by atoms with van der Waals surface area (Å²) >= 11 is 0. The van der Waals surface area contributed by atoms with E-state index in [2.05, 4.69) is 212 Å². The molecule has 0 N–H and O–H groups in total. The zero-order valence-electron chi connectivity index (χ0n) is 33.9. The molecule has 11 rings (SSSR count). The van der Waals surface area contributed by atoms with Crippen LogP contribution in [0.15, 0.2) is 219 Å². The number of pyridine rings is 1. The smallest absolute Gasteiger partial charge is 0.164 e. The Morgan fingerprint density at radius 1 is 0.532 bits per heavy atom. The molecule has 4 nitrogen and oxygen atoms in total. The molecule has 0 radical (unpaired) electrons. The number of hydrogen-bond donors (Lipinski definition) is 0. The molecular formula is C58H40N4. The Bertz CT molecular complexity index is 3430. The Hall–Kier alpha value is -8.08. The molecule has 292 valence electrons. The number of fused-ring (bicyclic) bond motifs is 6. The lowest BCUT2D eigenvalue weighted by atomic mass is 9.83. The van der Waals surface area contributed by atoms with Crippen molar-refractivity contribution in [2.24, 2.45) is 11.8 Å². The van der Waals surface area contributed by atoms with Crippen LogP contribution in [0.3, 0.4) is 0 Å². The summed E-state index contributed by atoms with van der Waals surface area (Å²) in [6.45, 7) is 4.63. The molecular weight excluding hydrogens is 753 g/mol. The monoisotopic (exact) mass is 792 g/mol. The zero-order chi connectivity index (χ0) is 41.4. The van der Waals surface area contributed by atoms with Gasteiger partial charge < -0.3 is 0 Å². The maximum absolute atomic E-state index is 5.13. The van der Waals surface area contributed by atoms with Crippen LogP contribution in [-0.2, 0) is 0 Å². The van der Waals surface area contributed by atoms with E-state index in [0.717, 1.165) is 54.9 Å². The second kappa shape index (κ2) is 15.8. The number of nitrogens with zero attached hydrogens (tertiary/aromatic N) is 4. The minimum atomic E-state index is 0.239. The van der Waals surface area contributed by atoms with Gasteiger partial charge >= 0.3 is 0 Å². The average molecular weight is 793 g/mol. The minimum Gasteiger partial charge on any atom is -0.263 e. The summed E-state index contributed by atoms with van der Waals surface area (Å²) in [5, 5.41) is 9.48. The van der Waals surface area contributed by atoms with Gasteiger partial charge in [-0.2, -0.15) is 0 Å². The second-order valence-corrected chi connectivity index (χ2v) is 16.0. The van der Waals surface area contributed by atoms with Gasteiger partial charge in [0.1, 0.15) is 0 Å². The van der Waals surface area contributed by atoms with Crippen LogP contribution in [0.5, 0.6) is 0 Å². The van der Waals surface area contributed by atoms with Crippen LogP contribution in [0.2, 0.25) is 0 Å². The molecule has 7 aromatic carbocycles. The maximum Gasteiger partial charge on any atom is 0.164 e. The van der Waals surface area contributed by atoms with Gasteiger partial charge in [-0.3, -0.25) is 4.98 Å². The molecule has 2 atom stereocenters. The first-order valence-electron chi connectivity index (χ1n) is 21.1. The average Bonchev–Trinajstić information content (AvgIpc) is 3.34. The van der Waals surface area contributed by atoms with Gasteiger partial charge in [-0.15, -0.1) is 0 Å². The van der Waals surface area contributed by atoms with Gasteiger partial charge in [0.15, 0.2) is 17.5 Å². The summed E-state index contributed by atoms with van der Waals surface area (Å²) in [5.74, 6) is 2.30. The molecule has 4 heteroatoms. The van der Waals surface area contributed by atoms with E-state index in [1.807, 2.05) is 18.5 Å². The van der Waals surface area contributed by atoms with E-state index in [1.165, 1.54) is 27.1 Å². The molecule has 2 aliphatic carbocycles. The van der Waals surface area contributed by atoms with E-state index < -0.39 is 0 Å². The summed E-state index contributed by atoms with van der Waals surface area (Å²) in [6, 6.07) is 51.5. The van der Waals surface area contributed by atoms with Crippen LogP contribution in [0.25, 0.3) is 88.4 Å². The second-order valence-electron chi connectivity index (χ2n) is 16.0. The van der Waals surface area contributed by atoms with Gasteiger partial charge in [0.25, 0.3) is 0 Å². The van der Waals surface area contributed by atoms with Gasteiger partial charge in [0.05, 0.1) is 0 Å². The zero-order valence-corrected chi connectivity index (χ0v) is 33.9. The lowest BCUT2D eigenvalue weighted by Crippen LogP contribution is -2.13. The van der Waals surface area contributed by atoms with Crippen molar-refractivity contribution in [1.29, 1.82) is 0 Å². The molecule has 2 heterocycles. The van der Waals surface area contributed by atoms with Crippen molar-refractivity contribution in [1.82, 2.24) is 19.9 Å². The number of aromatic nitrogens is 4. The summed E-state index contributed by atoms with van der Waals surface area (Å²) in [4.78, 5) is 19.9. The fourth-order valence-corrected chi connectivity index (χ4v) is 8.80. The molecule has 2 aliphatic rings. The highest BCUT2D eigenvalue weighted by Crippen LogP contribution is 2.37. The fraction of sp³-hybridized carbons (Fsp3) is 0.0345. The molecule has 0 amide bonds. The highest BCUT2D eigenvalue weighted by atomic mass is 15.0. The number of allylic oxidation sites excluding steroid dienone is 12. The van der Waals surface area contributed by atoms with Crippen LogP contribution in [0, 0.1) is 11.8 Å². The highest BCUT2D eigenvalue weighted by molar-refractivity contribution is 6.13. The molecule has 9 aromatic rings. The Morgan fingerprint density at radius 2 is 1.21 bits per heavy atom. The Labute approximate surface area is 360 Å². The third-order valence-corrected chi connectivity index (χ3v) is 12.0. The van der Waals surface area contributed by atoms with Gasteiger partial charge in [-0.05, 0) is 78.2 Å². The Kier molecular flexibility index (Phi) is 9.44. The molecule has 0 bridgehead atoms. The van der Waals surface area contributed by atoms with Crippen LogP contribution < -0.4 is 0 Å². The van der Waals surface area contributed by atoms with Gasteiger partial charge in [0.2, 0.25) is 0 Å². The topological polar surface area (TPSA) is 51.6 Å². The van der Waals surface area contributed by atoms with Crippen molar-refractivity contribution in [2.75, 3.05) is 0 Å². The summed E-state index contributed by atoms with van der Waals surface area (Å²) in [5.41, 5.74) is 7.95. The van der Waals surface area contributed by atoms with Crippen LogP contribution in [0.4, 0.5) is 0 Å². The first kappa shape index (κ1) is 37.0. The summed E-state index contributed by atoms with van der Waals surface area (Å²) in [7, 11) is 0. The third kappa shape index (κ3) is 7.08. The molecule has 0 aliphatic heterocycles. The standard InChI is InChI=1S/C58H40N4/c1-38(56-60-57(47-29-24-39-12-2-4-14-43(39)33-47)62-58(61-56)48-30-25-40-13-3-5-15-44(40)34-48)32-45(28-31-50-37-59-36-49-17-7-8-18-51(49)50)41-22-26-42(27-23-41)55-35-46-16-6-9-19-52(46)53-20-10-11-21-54(53)55/h2-37,39,43H,1H2/b31-28+,45-32+. The van der Waals surface area contributed by atoms with E-state index in [9.17, 15) is 0 Å². The van der Waals surface area contributed by atoms with E-state index in [4.69, 9.17) is 15.0 Å². The van der Waals surface area contributed by atoms with Gasteiger partial charge in [-0.1, -0.05) is 195 Å².